The van der Waals surface area contributed by atoms with Crippen molar-refractivity contribution in [1.29, 1.82) is 0 Å². The SMILES string of the molecule is Cc1ccc(S(=O)(=O)N2CCCC2)cc1C(=O)Nc1nnc(SCC(C)C)s1. The van der Waals surface area contributed by atoms with Crippen molar-refractivity contribution in [2.45, 2.75) is 42.8 Å². The third kappa shape index (κ3) is 4.91. The van der Waals surface area contributed by atoms with Crippen LogP contribution in [0.5, 0.6) is 0 Å². The first kappa shape index (κ1) is 21.2. The lowest BCUT2D eigenvalue weighted by molar-refractivity contribution is 0.102. The minimum Gasteiger partial charge on any atom is -0.296 e. The van der Waals surface area contributed by atoms with Gasteiger partial charge < -0.3 is 0 Å². The molecule has 1 aromatic heterocycles. The molecule has 1 aliphatic rings. The molecular formula is C18H24N4O3S3. The summed E-state index contributed by atoms with van der Waals surface area (Å²) in [6.45, 7) is 7.09. The highest BCUT2D eigenvalue weighted by molar-refractivity contribution is 8.01. The predicted molar refractivity (Wildman–Crippen MR) is 113 cm³/mol. The molecule has 0 bridgehead atoms. The van der Waals surface area contributed by atoms with Crippen LogP contribution >= 0.6 is 23.1 Å². The number of anilines is 1. The largest absolute Gasteiger partial charge is 0.296 e. The normalized spacial score (nSPS) is 15.3. The molecular weight excluding hydrogens is 416 g/mol. The Kier molecular flexibility index (Phi) is 6.74. The second-order valence-corrected chi connectivity index (χ2v) is 11.3. The van der Waals surface area contributed by atoms with Gasteiger partial charge in [-0.05, 0) is 43.4 Å². The Morgan fingerprint density at radius 2 is 2.00 bits per heavy atom. The Labute approximate surface area is 174 Å². The van der Waals surface area contributed by atoms with Gasteiger partial charge >= 0.3 is 0 Å². The van der Waals surface area contributed by atoms with Crippen LogP contribution in [-0.4, -0.2) is 47.7 Å². The van der Waals surface area contributed by atoms with E-state index >= 15 is 0 Å². The number of hydrogen-bond donors (Lipinski definition) is 1. The summed E-state index contributed by atoms with van der Waals surface area (Å²) in [7, 11) is -3.57. The van der Waals surface area contributed by atoms with Gasteiger partial charge in [0.2, 0.25) is 15.2 Å². The molecule has 0 spiro atoms. The van der Waals surface area contributed by atoms with Crippen molar-refractivity contribution in [3.8, 4) is 0 Å². The number of sulfonamides is 1. The summed E-state index contributed by atoms with van der Waals surface area (Å²) in [5, 5.41) is 11.2. The van der Waals surface area contributed by atoms with Crippen LogP contribution in [0.25, 0.3) is 0 Å². The van der Waals surface area contributed by atoms with Crippen molar-refractivity contribution in [1.82, 2.24) is 14.5 Å². The minimum atomic E-state index is -3.57. The van der Waals surface area contributed by atoms with E-state index in [0.717, 1.165) is 22.9 Å². The summed E-state index contributed by atoms with van der Waals surface area (Å²) >= 11 is 2.92. The van der Waals surface area contributed by atoms with Gasteiger partial charge in [-0.3, -0.25) is 10.1 Å². The first-order valence-electron chi connectivity index (χ1n) is 9.16. The number of rotatable bonds is 7. The van der Waals surface area contributed by atoms with Gasteiger partial charge in [0.15, 0.2) is 4.34 Å². The van der Waals surface area contributed by atoms with Gasteiger partial charge in [0.25, 0.3) is 5.91 Å². The molecule has 152 valence electrons. The highest BCUT2D eigenvalue weighted by atomic mass is 32.2. The molecule has 0 unspecified atom stereocenters. The van der Waals surface area contributed by atoms with Crippen molar-refractivity contribution in [3.63, 3.8) is 0 Å². The van der Waals surface area contributed by atoms with Crippen molar-refractivity contribution < 1.29 is 13.2 Å². The van der Waals surface area contributed by atoms with Crippen molar-refractivity contribution in [2.24, 2.45) is 5.92 Å². The van der Waals surface area contributed by atoms with Gasteiger partial charge in [0.1, 0.15) is 0 Å². The van der Waals surface area contributed by atoms with Crippen LogP contribution in [0.15, 0.2) is 27.4 Å². The number of carbonyl (C=O) groups excluding carboxylic acids is 1. The third-order valence-electron chi connectivity index (χ3n) is 4.32. The summed E-state index contributed by atoms with van der Waals surface area (Å²) in [5.41, 5.74) is 1.03. The van der Waals surface area contributed by atoms with Crippen LogP contribution in [0.3, 0.4) is 0 Å². The quantitative estimate of drug-likeness (QED) is 0.522. The predicted octanol–water partition coefficient (Wildman–Crippen LogP) is 3.63. The van der Waals surface area contributed by atoms with Gasteiger partial charge in [-0.25, -0.2) is 8.42 Å². The Balaban J connectivity index is 1.76. The molecule has 10 heteroatoms. The van der Waals surface area contributed by atoms with Gasteiger partial charge in [0.05, 0.1) is 4.90 Å². The molecule has 3 rings (SSSR count). The molecule has 0 saturated carbocycles. The van der Waals surface area contributed by atoms with Crippen molar-refractivity contribution in [2.75, 3.05) is 24.2 Å². The highest BCUT2D eigenvalue weighted by Crippen LogP contribution is 2.28. The maximum Gasteiger partial charge on any atom is 0.257 e. The maximum atomic E-state index is 12.8. The fourth-order valence-corrected chi connectivity index (χ4v) is 6.07. The first-order chi connectivity index (χ1) is 13.3. The summed E-state index contributed by atoms with van der Waals surface area (Å²) in [6.07, 6.45) is 1.74. The Hall–Kier alpha value is -1.49. The van der Waals surface area contributed by atoms with Crippen LogP contribution in [0.1, 0.15) is 42.6 Å². The van der Waals surface area contributed by atoms with Crippen LogP contribution in [0.2, 0.25) is 0 Å². The summed E-state index contributed by atoms with van der Waals surface area (Å²) in [5.74, 6) is 1.08. The van der Waals surface area contributed by atoms with Crippen LogP contribution in [0, 0.1) is 12.8 Å². The Morgan fingerprint density at radius 3 is 2.68 bits per heavy atom. The van der Waals surface area contributed by atoms with Crippen molar-refractivity contribution >= 4 is 44.2 Å². The molecule has 1 fully saturated rings. The zero-order chi connectivity index (χ0) is 20.3. The third-order valence-corrected chi connectivity index (χ3v) is 8.62. The zero-order valence-corrected chi connectivity index (χ0v) is 18.6. The molecule has 0 aliphatic carbocycles. The molecule has 28 heavy (non-hydrogen) atoms. The summed E-state index contributed by atoms with van der Waals surface area (Å²) < 4.78 is 27.8. The number of thioether (sulfide) groups is 1. The fourth-order valence-electron chi connectivity index (χ4n) is 2.80. The van der Waals surface area contributed by atoms with E-state index in [1.165, 1.54) is 21.7 Å². The first-order valence-corrected chi connectivity index (χ1v) is 12.4. The molecule has 7 nitrogen and oxygen atoms in total. The molecule has 0 atom stereocenters. The number of aromatic nitrogens is 2. The van der Waals surface area contributed by atoms with E-state index in [-0.39, 0.29) is 10.8 Å². The smallest absolute Gasteiger partial charge is 0.257 e. The average Bonchev–Trinajstić information content (AvgIpc) is 3.32. The molecule has 1 aliphatic heterocycles. The van der Waals surface area contributed by atoms with E-state index in [1.54, 1.807) is 30.8 Å². The monoisotopic (exact) mass is 440 g/mol. The van der Waals surface area contributed by atoms with Crippen LogP contribution < -0.4 is 5.32 Å². The standard InChI is InChI=1S/C18H24N4O3S3/c1-12(2)11-26-18-21-20-17(27-18)19-16(23)15-10-14(7-6-13(15)3)28(24,25)22-8-4-5-9-22/h6-7,10,12H,4-5,8-9,11H2,1-3H3,(H,19,20,23). The minimum absolute atomic E-state index is 0.149. The van der Waals surface area contributed by atoms with E-state index < -0.39 is 10.0 Å². The van der Waals surface area contributed by atoms with Crippen molar-refractivity contribution in [3.05, 3.63) is 29.3 Å². The number of hydrogen-bond acceptors (Lipinski definition) is 7. The van der Waals surface area contributed by atoms with Gasteiger partial charge in [-0.15, -0.1) is 10.2 Å². The van der Waals surface area contributed by atoms with E-state index in [9.17, 15) is 13.2 Å². The van der Waals surface area contributed by atoms with Gasteiger partial charge in [-0.1, -0.05) is 43.0 Å². The topological polar surface area (TPSA) is 92.3 Å². The number of aryl methyl sites for hydroxylation is 1. The molecule has 2 heterocycles. The second-order valence-electron chi connectivity index (χ2n) is 7.12. The van der Waals surface area contributed by atoms with E-state index in [4.69, 9.17) is 0 Å². The molecule has 0 radical (unpaired) electrons. The molecule has 1 N–H and O–H groups in total. The zero-order valence-electron chi connectivity index (χ0n) is 16.1. The number of benzene rings is 1. The van der Waals surface area contributed by atoms with Crippen LogP contribution in [0.4, 0.5) is 5.13 Å². The lowest BCUT2D eigenvalue weighted by Gasteiger charge is -2.16. The van der Waals surface area contributed by atoms with E-state index in [0.29, 0.717) is 35.3 Å². The lowest BCUT2D eigenvalue weighted by atomic mass is 10.1. The Morgan fingerprint density at radius 1 is 1.29 bits per heavy atom. The Bertz CT molecular complexity index is 951. The van der Waals surface area contributed by atoms with Gasteiger partial charge in [-0.2, -0.15) is 4.31 Å². The average molecular weight is 441 g/mol. The molecule has 2 aromatic rings. The molecule has 1 amide bonds. The molecule has 1 aromatic carbocycles. The highest BCUT2D eigenvalue weighted by Gasteiger charge is 2.28. The number of carbonyl (C=O) groups is 1. The second kappa shape index (κ2) is 8.89. The maximum absolute atomic E-state index is 12.8. The summed E-state index contributed by atoms with van der Waals surface area (Å²) in [4.78, 5) is 12.9. The van der Waals surface area contributed by atoms with Crippen LogP contribution in [-0.2, 0) is 10.0 Å². The number of nitrogens with one attached hydrogen (secondary N) is 1. The number of nitrogens with zero attached hydrogens (tertiary/aromatic N) is 3. The fraction of sp³-hybridized carbons (Fsp3) is 0.500. The summed E-state index contributed by atoms with van der Waals surface area (Å²) in [6, 6.07) is 4.68. The van der Waals surface area contributed by atoms with Gasteiger partial charge in [0, 0.05) is 24.4 Å². The van der Waals surface area contributed by atoms with E-state index in [2.05, 4.69) is 29.4 Å². The lowest BCUT2D eigenvalue weighted by Crippen LogP contribution is -2.28. The number of amides is 1. The van der Waals surface area contributed by atoms with E-state index in [1.807, 2.05) is 0 Å². The molecule has 1 saturated heterocycles.